The molecule has 2 nitrogen and oxygen atoms in total. The van der Waals surface area contributed by atoms with Gasteiger partial charge >= 0.3 is 0 Å². The molecule has 0 aromatic heterocycles. The smallest absolute Gasteiger partial charge is 0.0453 e. The lowest BCUT2D eigenvalue weighted by molar-refractivity contribution is 0.984. The number of rotatable bonds is 5. The summed E-state index contributed by atoms with van der Waals surface area (Å²) in [6.07, 6.45) is 6.08. The van der Waals surface area contributed by atoms with Crippen LogP contribution in [-0.2, 0) is 0 Å². The predicted molar refractivity (Wildman–Crippen MR) is 72.2 cm³/mol. The number of hydrogen-bond acceptors (Lipinski definition) is 2. The molecule has 1 aromatic carbocycles. The number of nitrogens with zero attached hydrogens (tertiary/aromatic N) is 1. The fourth-order valence-corrected chi connectivity index (χ4v) is 1.67. The summed E-state index contributed by atoms with van der Waals surface area (Å²) in [7, 11) is 0. The zero-order valence-corrected chi connectivity index (χ0v) is 10.1. The van der Waals surface area contributed by atoms with Gasteiger partial charge in [-0.25, -0.2) is 0 Å². The number of benzene rings is 1. The molecule has 0 atom stereocenters. The van der Waals surface area contributed by atoms with Gasteiger partial charge in [0, 0.05) is 23.3 Å². The van der Waals surface area contributed by atoms with Crippen molar-refractivity contribution in [2.24, 2.45) is 0 Å². The molecule has 1 aromatic rings. The van der Waals surface area contributed by atoms with E-state index in [9.17, 15) is 0 Å². The third kappa shape index (κ3) is 2.89. The average Bonchev–Trinajstić information content (AvgIpc) is 2.31. The van der Waals surface area contributed by atoms with Crippen LogP contribution < -0.4 is 10.6 Å². The summed E-state index contributed by atoms with van der Waals surface area (Å²) >= 11 is 0. The van der Waals surface area contributed by atoms with Crippen LogP contribution in [0.15, 0.2) is 48.8 Å². The zero-order chi connectivity index (χ0) is 12.0. The van der Waals surface area contributed by atoms with Crippen molar-refractivity contribution in [2.45, 2.75) is 26.7 Å². The Morgan fingerprint density at radius 2 is 1.94 bits per heavy atom. The monoisotopic (exact) mass is 216 g/mol. The largest absolute Gasteiger partial charge is 0.399 e. The van der Waals surface area contributed by atoms with Crippen LogP contribution in [-0.4, -0.2) is 0 Å². The molecule has 0 aliphatic carbocycles. The fraction of sp³-hybridized carbons (Fsp3) is 0.286. The van der Waals surface area contributed by atoms with Crippen LogP contribution in [0.5, 0.6) is 0 Å². The van der Waals surface area contributed by atoms with E-state index in [-0.39, 0.29) is 0 Å². The van der Waals surface area contributed by atoms with E-state index in [1.54, 1.807) is 0 Å². The molecule has 86 valence electrons. The van der Waals surface area contributed by atoms with Crippen molar-refractivity contribution in [2.75, 3.05) is 10.6 Å². The van der Waals surface area contributed by atoms with Crippen LogP contribution in [0.2, 0.25) is 0 Å². The molecule has 0 saturated carbocycles. The molecule has 0 spiro atoms. The molecule has 0 aliphatic heterocycles. The van der Waals surface area contributed by atoms with Gasteiger partial charge < -0.3 is 10.6 Å². The van der Waals surface area contributed by atoms with Gasteiger partial charge in [0.05, 0.1) is 0 Å². The second-order valence-electron chi connectivity index (χ2n) is 3.60. The maximum Gasteiger partial charge on any atom is 0.0453 e. The third-order valence-electron chi connectivity index (χ3n) is 2.47. The number of nitrogen functional groups attached to an aromatic ring is 1. The predicted octanol–water partition coefficient (Wildman–Crippen LogP) is 3.92. The van der Waals surface area contributed by atoms with Crippen molar-refractivity contribution in [3.05, 3.63) is 48.8 Å². The van der Waals surface area contributed by atoms with E-state index >= 15 is 0 Å². The van der Waals surface area contributed by atoms with Gasteiger partial charge in [-0.05, 0) is 37.1 Å². The van der Waals surface area contributed by atoms with Crippen LogP contribution in [0, 0.1) is 0 Å². The second kappa shape index (κ2) is 6.01. The van der Waals surface area contributed by atoms with E-state index in [1.807, 2.05) is 30.5 Å². The number of anilines is 2. The highest BCUT2D eigenvalue weighted by Gasteiger charge is 2.06. The van der Waals surface area contributed by atoms with E-state index in [1.165, 1.54) is 5.70 Å². The zero-order valence-electron chi connectivity index (χ0n) is 10.1. The minimum Gasteiger partial charge on any atom is -0.399 e. The third-order valence-corrected chi connectivity index (χ3v) is 2.47. The van der Waals surface area contributed by atoms with Gasteiger partial charge in [-0.3, -0.25) is 0 Å². The molecule has 0 radical (unpaired) electrons. The first kappa shape index (κ1) is 12.4. The first-order valence-corrected chi connectivity index (χ1v) is 5.69. The Bertz CT molecular complexity index is 363. The van der Waals surface area contributed by atoms with Gasteiger partial charge in [0.2, 0.25) is 0 Å². The first-order valence-electron chi connectivity index (χ1n) is 5.69. The summed E-state index contributed by atoms with van der Waals surface area (Å²) in [5.41, 5.74) is 8.83. The van der Waals surface area contributed by atoms with Crippen LogP contribution >= 0.6 is 0 Å². The molecule has 0 fully saturated rings. The van der Waals surface area contributed by atoms with Crippen molar-refractivity contribution >= 4 is 11.4 Å². The van der Waals surface area contributed by atoms with Crippen molar-refractivity contribution in [1.29, 1.82) is 0 Å². The SMILES string of the molecule is C=CN(/C(=C/CC)CC)c1ccc(N)cc1. The lowest BCUT2D eigenvalue weighted by Gasteiger charge is -2.23. The van der Waals surface area contributed by atoms with Gasteiger partial charge in [0.1, 0.15) is 0 Å². The van der Waals surface area contributed by atoms with Crippen LogP contribution in [0.25, 0.3) is 0 Å². The standard InChI is InChI=1S/C14H20N2/c1-4-7-13(5-2)16(6-3)14-10-8-12(15)9-11-14/h6-11H,3-5,15H2,1-2H3/b13-7+. The van der Waals surface area contributed by atoms with Gasteiger partial charge in [0.25, 0.3) is 0 Å². The summed E-state index contributed by atoms with van der Waals surface area (Å²) in [5, 5.41) is 0. The van der Waals surface area contributed by atoms with E-state index in [4.69, 9.17) is 5.73 Å². The lowest BCUT2D eigenvalue weighted by atomic mass is 10.2. The molecule has 16 heavy (non-hydrogen) atoms. The Morgan fingerprint density at radius 1 is 1.31 bits per heavy atom. The van der Waals surface area contributed by atoms with Crippen LogP contribution in [0.4, 0.5) is 11.4 Å². The highest BCUT2D eigenvalue weighted by atomic mass is 15.1. The van der Waals surface area contributed by atoms with E-state index in [0.29, 0.717) is 0 Å². The Balaban J connectivity index is 3.01. The summed E-state index contributed by atoms with van der Waals surface area (Å²) < 4.78 is 0. The molecule has 0 unspecified atom stereocenters. The van der Waals surface area contributed by atoms with Crippen molar-refractivity contribution in [1.82, 2.24) is 0 Å². The topological polar surface area (TPSA) is 29.3 Å². The van der Waals surface area contributed by atoms with Crippen LogP contribution in [0.3, 0.4) is 0 Å². The second-order valence-corrected chi connectivity index (χ2v) is 3.60. The molecule has 1 rings (SSSR count). The van der Waals surface area contributed by atoms with Crippen molar-refractivity contribution in [3.8, 4) is 0 Å². The van der Waals surface area contributed by atoms with Crippen molar-refractivity contribution < 1.29 is 0 Å². The Labute approximate surface area is 98.1 Å². The Kier molecular flexibility index (Phi) is 4.65. The van der Waals surface area contributed by atoms with Gasteiger partial charge in [-0.15, -0.1) is 0 Å². The van der Waals surface area contributed by atoms with Crippen LogP contribution in [0.1, 0.15) is 26.7 Å². The number of allylic oxidation sites excluding steroid dienone is 2. The molecule has 0 aliphatic rings. The summed E-state index contributed by atoms with van der Waals surface area (Å²) in [6, 6.07) is 7.84. The molecule has 2 N–H and O–H groups in total. The van der Waals surface area contributed by atoms with Crippen molar-refractivity contribution in [3.63, 3.8) is 0 Å². The van der Waals surface area contributed by atoms with E-state index < -0.39 is 0 Å². The van der Waals surface area contributed by atoms with Gasteiger partial charge in [0.15, 0.2) is 0 Å². The van der Waals surface area contributed by atoms with Gasteiger partial charge in [-0.2, -0.15) is 0 Å². The van der Waals surface area contributed by atoms with Gasteiger partial charge in [-0.1, -0.05) is 26.5 Å². The fourth-order valence-electron chi connectivity index (χ4n) is 1.67. The maximum absolute atomic E-state index is 5.68. The summed E-state index contributed by atoms with van der Waals surface area (Å²) in [6.45, 7) is 8.15. The number of hydrogen-bond donors (Lipinski definition) is 1. The molecule has 0 heterocycles. The molecular weight excluding hydrogens is 196 g/mol. The minimum absolute atomic E-state index is 0.783. The molecule has 2 heteroatoms. The quantitative estimate of drug-likeness (QED) is 0.756. The summed E-state index contributed by atoms with van der Waals surface area (Å²) in [5.74, 6) is 0. The average molecular weight is 216 g/mol. The molecule has 0 amide bonds. The summed E-state index contributed by atoms with van der Waals surface area (Å²) in [4.78, 5) is 2.10. The maximum atomic E-state index is 5.68. The number of nitrogens with two attached hydrogens (primary N) is 1. The normalized spacial score (nSPS) is 11.2. The molecular formula is C14H20N2. The minimum atomic E-state index is 0.783. The lowest BCUT2D eigenvalue weighted by Crippen LogP contribution is -2.14. The Hall–Kier alpha value is -1.70. The Morgan fingerprint density at radius 3 is 2.38 bits per heavy atom. The highest BCUT2D eigenvalue weighted by molar-refractivity contribution is 5.58. The van der Waals surface area contributed by atoms with E-state index in [2.05, 4.69) is 31.4 Å². The molecule has 0 saturated heterocycles. The highest BCUT2D eigenvalue weighted by Crippen LogP contribution is 2.22. The van der Waals surface area contributed by atoms with E-state index in [0.717, 1.165) is 24.2 Å². The molecule has 0 bridgehead atoms. The first-order chi connectivity index (χ1) is 7.72.